The fraction of sp³-hybridized carbons (Fsp3) is 0.417. The normalized spacial score (nSPS) is 17.6. The maximum atomic E-state index is 4.83. The van der Waals surface area contributed by atoms with Crippen LogP contribution in [0.2, 0.25) is 0 Å². The molecular weight excluding hydrogens is 372 g/mol. The fourth-order valence-corrected chi connectivity index (χ4v) is 4.71. The highest BCUT2D eigenvalue weighted by Crippen LogP contribution is 2.32. The van der Waals surface area contributed by atoms with Gasteiger partial charge in [0.25, 0.3) is 0 Å². The van der Waals surface area contributed by atoms with Gasteiger partial charge in [0.05, 0.1) is 0 Å². The van der Waals surface area contributed by atoms with E-state index < -0.39 is 0 Å². The third-order valence-electron chi connectivity index (χ3n) is 6.48. The van der Waals surface area contributed by atoms with E-state index in [0.717, 1.165) is 48.6 Å². The Bertz CT molecular complexity index is 1020. The molecule has 3 heterocycles. The van der Waals surface area contributed by atoms with Crippen molar-refractivity contribution in [2.75, 3.05) is 36.4 Å². The van der Waals surface area contributed by atoms with Gasteiger partial charge in [0.1, 0.15) is 5.65 Å². The summed E-state index contributed by atoms with van der Waals surface area (Å²) in [6.45, 7) is 10.3. The second-order valence-corrected chi connectivity index (χ2v) is 8.52. The first-order valence-electron chi connectivity index (χ1n) is 11.0. The van der Waals surface area contributed by atoms with Crippen molar-refractivity contribution in [1.82, 2.24) is 19.4 Å². The fourth-order valence-electron chi connectivity index (χ4n) is 4.71. The molecule has 3 aromatic rings. The molecule has 2 aromatic heterocycles. The first-order valence-corrected chi connectivity index (χ1v) is 11.0. The molecule has 1 aliphatic heterocycles. The predicted octanol–water partition coefficient (Wildman–Crippen LogP) is 4.95. The predicted molar refractivity (Wildman–Crippen MR) is 123 cm³/mol. The lowest BCUT2D eigenvalue weighted by Crippen LogP contribution is -2.45. The Hall–Kier alpha value is -3.02. The third-order valence-corrected chi connectivity index (χ3v) is 6.48. The molecule has 0 amide bonds. The van der Waals surface area contributed by atoms with Gasteiger partial charge in [0, 0.05) is 67.1 Å². The highest BCUT2D eigenvalue weighted by molar-refractivity contribution is 5.77. The number of anilines is 3. The lowest BCUT2D eigenvalue weighted by molar-refractivity contribution is 0.323. The zero-order valence-corrected chi connectivity index (χ0v) is 17.7. The summed E-state index contributed by atoms with van der Waals surface area (Å²) < 4.78 is 2.34. The van der Waals surface area contributed by atoms with E-state index in [4.69, 9.17) is 4.98 Å². The van der Waals surface area contributed by atoms with Crippen LogP contribution in [0.25, 0.3) is 11.0 Å². The summed E-state index contributed by atoms with van der Waals surface area (Å²) in [7, 11) is 0. The number of fused-ring (bicyclic) bond motifs is 1. The minimum Gasteiger partial charge on any atom is -0.372 e. The minimum absolute atomic E-state index is 0.579. The lowest BCUT2D eigenvalue weighted by atomic mass is 10.2. The zero-order chi connectivity index (χ0) is 20.5. The number of nitrogens with one attached hydrogen (secondary N) is 1. The molecule has 0 bridgehead atoms. The molecular formula is C24H30N6. The molecule has 1 saturated heterocycles. The molecule has 0 spiro atoms. The number of hydrogen-bond acceptors (Lipinski definition) is 5. The molecule has 0 radical (unpaired) electrons. The smallest absolute Gasteiger partial charge is 0.229 e. The molecule has 1 aliphatic carbocycles. The summed E-state index contributed by atoms with van der Waals surface area (Å²) in [4.78, 5) is 14.1. The van der Waals surface area contributed by atoms with Crippen molar-refractivity contribution in [3.8, 4) is 0 Å². The molecule has 2 aliphatic rings. The van der Waals surface area contributed by atoms with Gasteiger partial charge in [-0.05, 0) is 50.1 Å². The van der Waals surface area contributed by atoms with Crippen LogP contribution in [0.3, 0.4) is 0 Å². The van der Waals surface area contributed by atoms with Crippen molar-refractivity contribution in [2.24, 2.45) is 0 Å². The number of piperazine rings is 1. The van der Waals surface area contributed by atoms with Crippen molar-refractivity contribution >= 4 is 28.4 Å². The molecule has 1 N–H and O–H groups in total. The topological polar surface area (TPSA) is 49.2 Å². The van der Waals surface area contributed by atoms with Crippen molar-refractivity contribution in [2.45, 2.75) is 38.6 Å². The Balaban J connectivity index is 1.28. The van der Waals surface area contributed by atoms with Gasteiger partial charge in [-0.3, -0.25) is 0 Å². The van der Waals surface area contributed by atoms with Gasteiger partial charge >= 0.3 is 0 Å². The second kappa shape index (κ2) is 8.01. The van der Waals surface area contributed by atoms with Crippen LogP contribution in [-0.4, -0.2) is 45.6 Å². The van der Waals surface area contributed by atoms with Gasteiger partial charge < -0.3 is 19.7 Å². The van der Waals surface area contributed by atoms with Gasteiger partial charge in [-0.15, -0.1) is 0 Å². The lowest BCUT2D eigenvalue weighted by Gasteiger charge is -2.37. The van der Waals surface area contributed by atoms with Gasteiger partial charge in [-0.2, -0.15) is 4.98 Å². The van der Waals surface area contributed by atoms with E-state index in [9.17, 15) is 0 Å². The van der Waals surface area contributed by atoms with Gasteiger partial charge in [-0.1, -0.05) is 19.4 Å². The third kappa shape index (κ3) is 3.74. The highest BCUT2D eigenvalue weighted by atomic mass is 15.3. The van der Waals surface area contributed by atoms with Crippen LogP contribution < -0.4 is 10.2 Å². The van der Waals surface area contributed by atoms with Crippen molar-refractivity contribution in [3.05, 3.63) is 55.0 Å². The van der Waals surface area contributed by atoms with Crippen LogP contribution in [0.1, 0.15) is 38.6 Å². The van der Waals surface area contributed by atoms with Gasteiger partial charge in [-0.25, -0.2) is 4.98 Å². The molecule has 0 unspecified atom stereocenters. The van der Waals surface area contributed by atoms with Crippen LogP contribution in [0.15, 0.2) is 55.0 Å². The SMILES string of the molecule is C=C(C)N1CCN(c2ccc(Nc3ncc4ccn(C5CCCC5)c4n3)cc2)CC1. The summed E-state index contributed by atoms with van der Waals surface area (Å²) in [6.07, 6.45) is 9.22. The Kier molecular flexibility index (Phi) is 5.07. The summed E-state index contributed by atoms with van der Waals surface area (Å²) in [5, 5.41) is 4.49. The minimum atomic E-state index is 0.579. The molecule has 156 valence electrons. The summed E-state index contributed by atoms with van der Waals surface area (Å²) in [5.74, 6) is 0.656. The first-order chi connectivity index (χ1) is 14.7. The van der Waals surface area contributed by atoms with Gasteiger partial charge in [0.2, 0.25) is 5.95 Å². The van der Waals surface area contributed by atoms with E-state index in [1.54, 1.807) is 0 Å². The quantitative estimate of drug-likeness (QED) is 0.655. The Morgan fingerprint density at radius 1 is 1.03 bits per heavy atom. The molecule has 30 heavy (non-hydrogen) atoms. The second-order valence-electron chi connectivity index (χ2n) is 8.52. The molecule has 6 nitrogen and oxygen atoms in total. The summed E-state index contributed by atoms with van der Waals surface area (Å²) in [6, 6.07) is 11.3. The van der Waals surface area contributed by atoms with Crippen molar-refractivity contribution < 1.29 is 0 Å². The average Bonchev–Trinajstić information content (AvgIpc) is 3.44. The van der Waals surface area contributed by atoms with Crippen LogP contribution >= 0.6 is 0 Å². The maximum absolute atomic E-state index is 4.83. The van der Waals surface area contributed by atoms with Crippen molar-refractivity contribution in [3.63, 3.8) is 0 Å². The largest absolute Gasteiger partial charge is 0.372 e. The molecule has 1 saturated carbocycles. The summed E-state index contributed by atoms with van der Waals surface area (Å²) >= 11 is 0. The van der Waals surface area contributed by atoms with E-state index in [1.807, 2.05) is 6.20 Å². The summed E-state index contributed by atoms with van der Waals surface area (Å²) in [5.41, 5.74) is 4.46. The highest BCUT2D eigenvalue weighted by Gasteiger charge is 2.19. The first kappa shape index (κ1) is 19.0. The Labute approximate surface area is 178 Å². The number of nitrogens with zero attached hydrogens (tertiary/aromatic N) is 5. The standard InChI is InChI=1S/C24H30N6/c1-18(2)28-13-15-29(16-14-28)21-9-7-20(8-10-21)26-24-25-17-19-11-12-30(23(19)27-24)22-5-3-4-6-22/h7-12,17,22H,1,3-6,13-16H2,2H3,(H,25,26,27). The Morgan fingerprint density at radius 3 is 2.47 bits per heavy atom. The zero-order valence-electron chi connectivity index (χ0n) is 17.7. The Morgan fingerprint density at radius 2 is 1.77 bits per heavy atom. The molecule has 5 rings (SSSR count). The number of rotatable bonds is 5. The number of allylic oxidation sites excluding steroid dienone is 1. The molecule has 2 fully saturated rings. The van der Waals surface area contributed by atoms with E-state index in [2.05, 4.69) is 74.7 Å². The van der Waals surface area contributed by atoms with E-state index in [-0.39, 0.29) is 0 Å². The maximum Gasteiger partial charge on any atom is 0.229 e. The molecule has 1 aromatic carbocycles. The van der Waals surface area contributed by atoms with E-state index >= 15 is 0 Å². The van der Waals surface area contributed by atoms with E-state index in [1.165, 1.54) is 31.4 Å². The van der Waals surface area contributed by atoms with Crippen molar-refractivity contribution in [1.29, 1.82) is 0 Å². The number of benzene rings is 1. The van der Waals surface area contributed by atoms with Crippen LogP contribution in [0, 0.1) is 0 Å². The molecule has 6 heteroatoms. The van der Waals surface area contributed by atoms with Crippen LogP contribution in [-0.2, 0) is 0 Å². The average molecular weight is 403 g/mol. The van der Waals surface area contributed by atoms with E-state index in [0.29, 0.717) is 12.0 Å². The molecule has 0 atom stereocenters. The van der Waals surface area contributed by atoms with Crippen LogP contribution in [0.4, 0.5) is 17.3 Å². The monoisotopic (exact) mass is 402 g/mol. The van der Waals surface area contributed by atoms with Crippen LogP contribution in [0.5, 0.6) is 0 Å². The number of aromatic nitrogens is 3. The number of hydrogen-bond donors (Lipinski definition) is 1. The van der Waals surface area contributed by atoms with Gasteiger partial charge in [0.15, 0.2) is 0 Å².